The van der Waals surface area contributed by atoms with Gasteiger partial charge in [-0.2, -0.15) is 0 Å². The lowest BCUT2D eigenvalue weighted by Gasteiger charge is -2.11. The lowest BCUT2D eigenvalue weighted by molar-refractivity contribution is -0.116. The Balaban J connectivity index is 1.57. The van der Waals surface area contributed by atoms with Crippen molar-refractivity contribution >= 4 is 22.5 Å². The maximum absolute atomic E-state index is 12.3. The summed E-state index contributed by atoms with van der Waals surface area (Å²) in [6.45, 7) is 3.64. The fraction of sp³-hybridized carbons (Fsp3) is 0.286. The van der Waals surface area contributed by atoms with Crippen LogP contribution in [0.3, 0.4) is 0 Å². The maximum Gasteiger partial charge on any atom is 0.258 e. The highest BCUT2D eigenvalue weighted by molar-refractivity contribution is 5.91. The Hall–Kier alpha value is -2.99. The summed E-state index contributed by atoms with van der Waals surface area (Å²) >= 11 is 0. The summed E-state index contributed by atoms with van der Waals surface area (Å²) in [6, 6.07) is 15.0. The summed E-state index contributed by atoms with van der Waals surface area (Å²) < 4.78 is 0. The molecule has 140 valence electrons. The molecule has 6 heteroatoms. The zero-order chi connectivity index (χ0) is 19.1. The first-order chi connectivity index (χ1) is 13.2. The minimum Gasteiger partial charge on any atom is -0.326 e. The summed E-state index contributed by atoms with van der Waals surface area (Å²) in [5, 5.41) is 6.82. The fourth-order valence-electron chi connectivity index (χ4n) is 2.94. The Bertz CT molecular complexity index is 981. The molecule has 0 fully saturated rings. The monoisotopic (exact) mass is 364 g/mol. The van der Waals surface area contributed by atoms with Crippen LogP contribution in [0.5, 0.6) is 0 Å². The third-order valence-corrected chi connectivity index (χ3v) is 4.34. The quantitative estimate of drug-likeness (QED) is 0.573. The molecule has 1 aromatic heterocycles. The summed E-state index contributed by atoms with van der Waals surface area (Å²) in [7, 11) is 0. The third-order valence-electron chi connectivity index (χ3n) is 4.34. The predicted octanol–water partition coefficient (Wildman–Crippen LogP) is 2.99. The fourth-order valence-corrected chi connectivity index (χ4v) is 2.94. The van der Waals surface area contributed by atoms with Crippen molar-refractivity contribution in [1.29, 1.82) is 0 Å². The van der Waals surface area contributed by atoms with E-state index in [1.165, 1.54) is 0 Å². The number of rotatable bonds is 8. The molecule has 0 saturated heterocycles. The van der Waals surface area contributed by atoms with Crippen LogP contribution in [-0.4, -0.2) is 22.4 Å². The smallest absolute Gasteiger partial charge is 0.258 e. The second kappa shape index (κ2) is 9.09. The van der Waals surface area contributed by atoms with E-state index >= 15 is 0 Å². The van der Waals surface area contributed by atoms with Crippen molar-refractivity contribution in [2.45, 2.75) is 32.7 Å². The lowest BCUT2D eigenvalue weighted by atomic mass is 10.1. The number of hydrogen-bond donors (Lipinski definition) is 3. The van der Waals surface area contributed by atoms with Crippen molar-refractivity contribution < 1.29 is 4.79 Å². The standard InChI is InChI=1S/C21H24N4O2/c1-2-22-14-15-8-3-5-10-17(15)24-20(26)13-7-12-19-23-18-11-6-4-9-16(18)21(27)25-19/h3-6,8-11,22H,2,7,12-14H2,1H3,(H,24,26)(H,23,25,27). The van der Waals surface area contributed by atoms with Gasteiger partial charge < -0.3 is 15.6 Å². The van der Waals surface area contributed by atoms with E-state index in [-0.39, 0.29) is 11.5 Å². The predicted molar refractivity (Wildman–Crippen MR) is 108 cm³/mol. The highest BCUT2D eigenvalue weighted by atomic mass is 16.1. The molecule has 6 nitrogen and oxygen atoms in total. The second-order valence-corrected chi connectivity index (χ2v) is 6.37. The number of aromatic amines is 1. The minimum atomic E-state index is -0.141. The van der Waals surface area contributed by atoms with Gasteiger partial charge in [-0.1, -0.05) is 37.3 Å². The van der Waals surface area contributed by atoms with E-state index < -0.39 is 0 Å². The number of fused-ring (bicyclic) bond motifs is 1. The molecule has 3 rings (SSSR count). The Labute approximate surface area is 158 Å². The number of carbonyl (C=O) groups is 1. The van der Waals surface area contributed by atoms with E-state index in [1.807, 2.05) is 49.4 Å². The van der Waals surface area contributed by atoms with Crippen molar-refractivity contribution in [2.24, 2.45) is 0 Å². The molecule has 1 heterocycles. The molecule has 27 heavy (non-hydrogen) atoms. The van der Waals surface area contributed by atoms with Gasteiger partial charge in [-0.05, 0) is 36.7 Å². The van der Waals surface area contributed by atoms with Gasteiger partial charge in [-0.3, -0.25) is 9.59 Å². The number of hydrogen-bond acceptors (Lipinski definition) is 4. The van der Waals surface area contributed by atoms with Crippen LogP contribution < -0.4 is 16.2 Å². The average molecular weight is 364 g/mol. The van der Waals surface area contributed by atoms with Crippen LogP contribution >= 0.6 is 0 Å². The van der Waals surface area contributed by atoms with Crippen molar-refractivity contribution in [2.75, 3.05) is 11.9 Å². The third kappa shape index (κ3) is 5.01. The number of H-pyrrole nitrogens is 1. The van der Waals surface area contributed by atoms with E-state index in [0.717, 1.165) is 24.3 Å². The van der Waals surface area contributed by atoms with Gasteiger partial charge >= 0.3 is 0 Å². The maximum atomic E-state index is 12.3. The SMILES string of the molecule is CCNCc1ccccc1NC(=O)CCCc1nc2ccccc2c(=O)[nH]1. The van der Waals surface area contributed by atoms with Gasteiger partial charge in [0.05, 0.1) is 10.9 Å². The van der Waals surface area contributed by atoms with Gasteiger partial charge in [0.15, 0.2) is 0 Å². The van der Waals surface area contributed by atoms with E-state index in [4.69, 9.17) is 0 Å². The summed E-state index contributed by atoms with van der Waals surface area (Å²) in [5.41, 5.74) is 2.43. The molecule has 0 unspecified atom stereocenters. The Morgan fingerprint density at radius 2 is 1.89 bits per heavy atom. The molecule has 0 atom stereocenters. The van der Waals surface area contributed by atoms with Crippen molar-refractivity contribution in [3.05, 3.63) is 70.3 Å². The number of aromatic nitrogens is 2. The van der Waals surface area contributed by atoms with Gasteiger partial charge in [-0.15, -0.1) is 0 Å². The molecule has 0 spiro atoms. The van der Waals surface area contributed by atoms with Crippen LogP contribution in [0.15, 0.2) is 53.3 Å². The molecular weight excluding hydrogens is 340 g/mol. The van der Waals surface area contributed by atoms with Gasteiger partial charge in [0, 0.05) is 25.1 Å². The lowest BCUT2D eigenvalue weighted by Crippen LogP contribution is -2.17. The molecule has 0 aliphatic carbocycles. The zero-order valence-corrected chi connectivity index (χ0v) is 15.4. The van der Waals surface area contributed by atoms with Crippen molar-refractivity contribution in [3.63, 3.8) is 0 Å². The van der Waals surface area contributed by atoms with E-state index in [0.29, 0.717) is 36.0 Å². The number of carbonyl (C=O) groups excluding carboxylic acids is 1. The molecule has 0 aliphatic heterocycles. The van der Waals surface area contributed by atoms with Gasteiger partial charge in [-0.25, -0.2) is 4.98 Å². The molecule has 0 bridgehead atoms. The summed E-state index contributed by atoms with van der Waals surface area (Å²) in [5.74, 6) is 0.570. The van der Waals surface area contributed by atoms with Gasteiger partial charge in [0.2, 0.25) is 5.91 Å². The molecular formula is C21H24N4O2. The van der Waals surface area contributed by atoms with Crippen LogP contribution in [-0.2, 0) is 17.8 Å². The van der Waals surface area contributed by atoms with Crippen LogP contribution in [0.1, 0.15) is 31.2 Å². The molecule has 0 radical (unpaired) electrons. The Kier molecular flexibility index (Phi) is 6.33. The van der Waals surface area contributed by atoms with E-state index in [9.17, 15) is 9.59 Å². The summed E-state index contributed by atoms with van der Waals surface area (Å²) in [4.78, 5) is 31.6. The second-order valence-electron chi connectivity index (χ2n) is 6.37. The number of anilines is 1. The highest BCUT2D eigenvalue weighted by Crippen LogP contribution is 2.15. The minimum absolute atomic E-state index is 0.0397. The molecule has 0 saturated carbocycles. The topological polar surface area (TPSA) is 86.9 Å². The number of aryl methyl sites for hydroxylation is 1. The first-order valence-electron chi connectivity index (χ1n) is 9.24. The molecule has 3 aromatic rings. The molecule has 1 amide bonds. The van der Waals surface area contributed by atoms with E-state index in [1.54, 1.807) is 6.07 Å². The number of para-hydroxylation sites is 2. The Morgan fingerprint density at radius 1 is 1.11 bits per heavy atom. The van der Waals surface area contributed by atoms with Crippen LogP contribution in [0, 0.1) is 0 Å². The van der Waals surface area contributed by atoms with Gasteiger partial charge in [0.25, 0.3) is 5.56 Å². The van der Waals surface area contributed by atoms with Crippen LogP contribution in [0.25, 0.3) is 10.9 Å². The van der Waals surface area contributed by atoms with Crippen LogP contribution in [0.4, 0.5) is 5.69 Å². The number of benzene rings is 2. The first kappa shape index (κ1) is 18.8. The first-order valence-corrected chi connectivity index (χ1v) is 9.24. The van der Waals surface area contributed by atoms with E-state index in [2.05, 4.69) is 20.6 Å². The Morgan fingerprint density at radius 3 is 2.74 bits per heavy atom. The molecule has 0 aliphatic rings. The number of nitrogens with zero attached hydrogens (tertiary/aromatic N) is 1. The van der Waals surface area contributed by atoms with Crippen LogP contribution in [0.2, 0.25) is 0 Å². The summed E-state index contributed by atoms with van der Waals surface area (Å²) in [6.07, 6.45) is 1.53. The normalized spacial score (nSPS) is 10.9. The van der Waals surface area contributed by atoms with Crippen molar-refractivity contribution in [3.8, 4) is 0 Å². The van der Waals surface area contributed by atoms with Crippen molar-refractivity contribution in [1.82, 2.24) is 15.3 Å². The molecule has 2 aromatic carbocycles. The number of nitrogens with one attached hydrogen (secondary N) is 3. The largest absolute Gasteiger partial charge is 0.326 e. The number of amides is 1. The molecule has 3 N–H and O–H groups in total. The zero-order valence-electron chi connectivity index (χ0n) is 15.4. The average Bonchev–Trinajstić information content (AvgIpc) is 2.67. The highest BCUT2D eigenvalue weighted by Gasteiger charge is 2.08. The van der Waals surface area contributed by atoms with Gasteiger partial charge in [0.1, 0.15) is 5.82 Å².